The molecule has 0 atom stereocenters. The lowest BCUT2D eigenvalue weighted by molar-refractivity contribution is 0.0857. The van der Waals surface area contributed by atoms with Crippen molar-refractivity contribution < 1.29 is 21.9 Å². The summed E-state index contributed by atoms with van der Waals surface area (Å²) in [6.45, 7) is 2.77. The summed E-state index contributed by atoms with van der Waals surface area (Å²) in [5.41, 5.74) is -0.907. The average Bonchev–Trinajstić information content (AvgIpc) is 2.53. The highest BCUT2D eigenvalue weighted by Crippen LogP contribution is 2.18. The van der Waals surface area contributed by atoms with E-state index in [0.29, 0.717) is 5.69 Å². The molecule has 0 saturated carbocycles. The van der Waals surface area contributed by atoms with Crippen molar-refractivity contribution in [3.8, 4) is 0 Å². The number of benzene rings is 1. The summed E-state index contributed by atoms with van der Waals surface area (Å²) in [5, 5.41) is 9.60. The van der Waals surface area contributed by atoms with Crippen molar-refractivity contribution >= 4 is 25.7 Å². The number of aromatic nitrogens is 1. The monoisotopic (exact) mass is 385 g/mol. The van der Waals surface area contributed by atoms with E-state index in [0.717, 1.165) is 0 Å². The first-order chi connectivity index (χ1) is 11.5. The van der Waals surface area contributed by atoms with Crippen molar-refractivity contribution in [1.29, 1.82) is 0 Å². The predicted octanol–water partition coefficient (Wildman–Crippen LogP) is 0.932. The molecule has 136 valence electrons. The van der Waals surface area contributed by atoms with Crippen molar-refractivity contribution in [2.45, 2.75) is 29.2 Å². The van der Waals surface area contributed by atoms with E-state index >= 15 is 0 Å². The van der Waals surface area contributed by atoms with Crippen LogP contribution in [0.5, 0.6) is 0 Å². The first kappa shape index (κ1) is 19.3. The molecular weight excluding hydrogens is 366 g/mol. The molecule has 25 heavy (non-hydrogen) atoms. The molecule has 1 heterocycles. The largest absolute Gasteiger partial charge is 0.389 e. The summed E-state index contributed by atoms with van der Waals surface area (Å²) in [5.74, 6) is 0. The third-order valence-electron chi connectivity index (χ3n) is 3.05. The maximum Gasteiger partial charge on any atom is 0.261 e. The minimum Gasteiger partial charge on any atom is -0.389 e. The van der Waals surface area contributed by atoms with Gasteiger partial charge in [0.1, 0.15) is 0 Å². The Morgan fingerprint density at radius 2 is 1.56 bits per heavy atom. The van der Waals surface area contributed by atoms with Crippen LogP contribution in [0.3, 0.4) is 0 Å². The van der Waals surface area contributed by atoms with Crippen LogP contribution in [0.2, 0.25) is 0 Å². The Kier molecular flexibility index (Phi) is 5.47. The maximum absolute atomic E-state index is 12.3. The van der Waals surface area contributed by atoms with Gasteiger partial charge in [0.25, 0.3) is 10.0 Å². The molecule has 0 aliphatic heterocycles. The van der Waals surface area contributed by atoms with E-state index in [1.807, 2.05) is 0 Å². The Bertz CT molecular complexity index is 919. The van der Waals surface area contributed by atoms with Gasteiger partial charge in [-0.2, -0.15) is 0 Å². The molecule has 0 fully saturated rings. The molecule has 1 aromatic heterocycles. The molecule has 0 radical (unpaired) electrons. The van der Waals surface area contributed by atoms with Crippen LogP contribution < -0.4 is 9.44 Å². The Morgan fingerprint density at radius 3 is 2.04 bits per heavy atom. The van der Waals surface area contributed by atoms with Gasteiger partial charge in [-0.1, -0.05) is 0 Å². The van der Waals surface area contributed by atoms with Crippen LogP contribution in [-0.2, 0) is 20.0 Å². The summed E-state index contributed by atoms with van der Waals surface area (Å²) < 4.78 is 53.4. The van der Waals surface area contributed by atoms with Crippen LogP contribution in [0.1, 0.15) is 13.8 Å². The van der Waals surface area contributed by atoms with Crippen LogP contribution >= 0.6 is 0 Å². The average molecular weight is 385 g/mol. The number of pyridine rings is 1. The lowest BCUT2D eigenvalue weighted by atomic mass is 10.1. The second-order valence-corrected chi connectivity index (χ2v) is 9.40. The van der Waals surface area contributed by atoms with Gasteiger partial charge in [-0.05, 0) is 50.2 Å². The lowest BCUT2D eigenvalue weighted by Crippen LogP contribution is -2.38. The van der Waals surface area contributed by atoms with Crippen LogP contribution in [0.4, 0.5) is 5.69 Å². The van der Waals surface area contributed by atoms with E-state index in [4.69, 9.17) is 0 Å². The van der Waals surface area contributed by atoms with Gasteiger partial charge in [0.15, 0.2) is 0 Å². The molecule has 0 saturated heterocycles. The minimum absolute atomic E-state index is 0.0854. The Morgan fingerprint density at radius 1 is 1.00 bits per heavy atom. The number of rotatable bonds is 7. The normalized spacial score (nSPS) is 12.8. The summed E-state index contributed by atoms with van der Waals surface area (Å²) in [4.78, 5) is 3.63. The molecule has 0 spiro atoms. The van der Waals surface area contributed by atoms with Crippen LogP contribution in [0, 0.1) is 0 Å². The van der Waals surface area contributed by atoms with Gasteiger partial charge in [0.2, 0.25) is 10.0 Å². The quantitative estimate of drug-likeness (QED) is 0.651. The summed E-state index contributed by atoms with van der Waals surface area (Å²) >= 11 is 0. The van der Waals surface area contributed by atoms with Gasteiger partial charge < -0.3 is 5.11 Å². The number of anilines is 1. The summed E-state index contributed by atoms with van der Waals surface area (Å²) in [6.07, 6.45) is 2.87. The van der Waals surface area contributed by atoms with Crippen LogP contribution in [0.25, 0.3) is 0 Å². The molecule has 10 heteroatoms. The van der Waals surface area contributed by atoms with Crippen molar-refractivity contribution in [3.05, 3.63) is 48.8 Å². The zero-order chi connectivity index (χ0) is 18.7. The molecule has 8 nitrogen and oxygen atoms in total. The number of hydrogen-bond acceptors (Lipinski definition) is 6. The Balaban J connectivity index is 2.19. The van der Waals surface area contributed by atoms with Gasteiger partial charge in [0, 0.05) is 12.7 Å². The number of nitrogens with one attached hydrogen (secondary N) is 2. The van der Waals surface area contributed by atoms with Gasteiger partial charge in [0.05, 0.1) is 27.3 Å². The molecular formula is C15H19N3O5S2. The maximum atomic E-state index is 12.3. The predicted molar refractivity (Wildman–Crippen MR) is 93.0 cm³/mol. The second kappa shape index (κ2) is 7.08. The van der Waals surface area contributed by atoms with Crippen LogP contribution in [0.15, 0.2) is 58.6 Å². The molecule has 3 N–H and O–H groups in total. The van der Waals surface area contributed by atoms with E-state index in [9.17, 15) is 21.9 Å². The lowest BCUT2D eigenvalue weighted by Gasteiger charge is -2.17. The highest BCUT2D eigenvalue weighted by atomic mass is 32.2. The fraction of sp³-hybridized carbons (Fsp3) is 0.267. The molecule has 2 rings (SSSR count). The first-order valence-corrected chi connectivity index (χ1v) is 10.2. The first-order valence-electron chi connectivity index (χ1n) is 7.25. The zero-order valence-corrected chi connectivity index (χ0v) is 15.3. The Labute approximate surface area is 147 Å². The van der Waals surface area contributed by atoms with Crippen molar-refractivity contribution in [3.63, 3.8) is 0 Å². The highest BCUT2D eigenvalue weighted by Gasteiger charge is 2.21. The van der Waals surface area contributed by atoms with Gasteiger partial charge in [-0.3, -0.25) is 9.71 Å². The molecule has 0 amide bonds. The number of nitrogens with zero attached hydrogens (tertiary/aromatic N) is 1. The SMILES string of the molecule is CC(C)(O)CNS(=O)(=O)c1ccc(S(=O)(=O)Nc2cccnc2)cc1. The number of sulfonamides is 2. The van der Waals surface area contributed by atoms with Gasteiger partial charge >= 0.3 is 0 Å². The molecule has 2 aromatic rings. The molecule has 1 aromatic carbocycles. The molecule has 0 aliphatic rings. The van der Waals surface area contributed by atoms with E-state index in [-0.39, 0.29) is 16.3 Å². The van der Waals surface area contributed by atoms with Gasteiger partial charge in [-0.25, -0.2) is 21.6 Å². The molecule has 0 unspecified atom stereocenters. The molecule has 0 aliphatic carbocycles. The third-order valence-corrected chi connectivity index (χ3v) is 5.87. The summed E-state index contributed by atoms with van der Waals surface area (Å²) in [7, 11) is -7.71. The van der Waals surface area contributed by atoms with E-state index in [1.165, 1.54) is 50.5 Å². The highest BCUT2D eigenvalue weighted by molar-refractivity contribution is 7.92. The van der Waals surface area contributed by atoms with Crippen LogP contribution in [-0.4, -0.2) is 39.1 Å². The Hall–Kier alpha value is -2.01. The number of hydrogen-bond donors (Lipinski definition) is 3. The standard InChI is InChI=1S/C15H19N3O5S2/c1-15(2,19)11-17-24(20,21)13-5-7-14(8-6-13)25(22,23)18-12-4-3-9-16-10-12/h3-10,17-19H,11H2,1-2H3. The van der Waals surface area contributed by atoms with Crippen molar-refractivity contribution in [2.24, 2.45) is 0 Å². The minimum atomic E-state index is -3.86. The second-order valence-electron chi connectivity index (χ2n) is 5.96. The smallest absolute Gasteiger partial charge is 0.261 e. The topological polar surface area (TPSA) is 125 Å². The van der Waals surface area contributed by atoms with E-state index in [2.05, 4.69) is 14.4 Å². The van der Waals surface area contributed by atoms with Crippen molar-refractivity contribution in [2.75, 3.05) is 11.3 Å². The fourth-order valence-corrected chi connectivity index (χ4v) is 4.04. The van der Waals surface area contributed by atoms with Gasteiger partial charge in [-0.15, -0.1) is 0 Å². The fourth-order valence-electron chi connectivity index (χ4n) is 1.79. The van der Waals surface area contributed by atoms with E-state index < -0.39 is 25.6 Å². The molecule has 0 bridgehead atoms. The van der Waals surface area contributed by atoms with Crippen molar-refractivity contribution in [1.82, 2.24) is 9.71 Å². The zero-order valence-electron chi connectivity index (χ0n) is 13.7. The summed E-state index contributed by atoms with van der Waals surface area (Å²) in [6, 6.07) is 7.88. The number of aliphatic hydroxyl groups is 1. The third kappa shape index (κ3) is 5.49. The van der Waals surface area contributed by atoms with E-state index in [1.54, 1.807) is 12.1 Å².